The van der Waals surface area contributed by atoms with Crippen molar-refractivity contribution in [3.05, 3.63) is 70.5 Å². The van der Waals surface area contributed by atoms with Gasteiger partial charge in [-0.1, -0.05) is 6.07 Å². The molecule has 3 aromatic rings. The van der Waals surface area contributed by atoms with Crippen molar-refractivity contribution in [2.75, 3.05) is 25.0 Å². The first-order valence-corrected chi connectivity index (χ1v) is 16.7. The Morgan fingerprint density at radius 2 is 1.73 bits per heavy atom. The standard InChI is InChI=1S/C32H39N7O5S/c1-19-28-27(17-32(2,3)38(31(28)42)18-20-7-8-20)39(36-19)23-9-10-25(30(34)41)26(16-23)35-22-11-13-37(14-12-22)45(43,44)24-6-4-5-21(15-24)29(33)40/h4-6,9-10,15-16,20,22,35H,7-8,11-14,17-18H2,1-3H3,(H2,33,40)(H2,34,41). The molecule has 45 heavy (non-hydrogen) atoms. The number of rotatable bonds is 9. The van der Waals surface area contributed by atoms with Gasteiger partial charge >= 0.3 is 0 Å². The fraction of sp³-hybridized carbons (Fsp3) is 0.438. The van der Waals surface area contributed by atoms with Gasteiger partial charge in [-0.25, -0.2) is 13.1 Å². The second kappa shape index (κ2) is 11.3. The molecule has 0 spiro atoms. The number of nitrogens with two attached hydrogens (primary N) is 2. The quantitative estimate of drug-likeness (QED) is 0.325. The van der Waals surface area contributed by atoms with Crippen LogP contribution in [-0.4, -0.2) is 76.3 Å². The van der Waals surface area contributed by atoms with Crippen molar-refractivity contribution in [3.8, 4) is 5.69 Å². The second-order valence-corrected chi connectivity index (χ2v) is 14.9. The Morgan fingerprint density at radius 1 is 1.02 bits per heavy atom. The van der Waals surface area contributed by atoms with Gasteiger partial charge in [0.25, 0.3) is 11.8 Å². The van der Waals surface area contributed by atoms with Crippen molar-refractivity contribution in [2.45, 2.75) is 69.4 Å². The first-order valence-electron chi connectivity index (χ1n) is 15.3. The summed E-state index contributed by atoms with van der Waals surface area (Å²) in [4.78, 5) is 39.7. The zero-order valence-electron chi connectivity index (χ0n) is 25.7. The number of aromatic nitrogens is 2. The first kappa shape index (κ1) is 30.8. The predicted molar refractivity (Wildman–Crippen MR) is 169 cm³/mol. The summed E-state index contributed by atoms with van der Waals surface area (Å²) in [6.07, 6.45) is 3.91. The molecule has 0 radical (unpaired) electrons. The number of nitrogens with one attached hydrogen (secondary N) is 1. The van der Waals surface area contributed by atoms with E-state index in [0.29, 0.717) is 53.4 Å². The highest BCUT2D eigenvalue weighted by Crippen LogP contribution is 2.38. The van der Waals surface area contributed by atoms with E-state index in [1.807, 2.05) is 17.9 Å². The van der Waals surface area contributed by atoms with Gasteiger partial charge < -0.3 is 21.7 Å². The van der Waals surface area contributed by atoms with Crippen LogP contribution >= 0.6 is 0 Å². The maximum absolute atomic E-state index is 13.7. The molecule has 0 unspecified atom stereocenters. The molecule has 1 saturated heterocycles. The molecule has 1 aromatic heterocycles. The SMILES string of the molecule is Cc1nn(-c2ccc(C(N)=O)c(NC3CCN(S(=O)(=O)c4cccc(C(N)=O)c4)CC3)c2)c2c1C(=O)N(CC1CC1)C(C)(C)C2. The molecule has 2 aromatic carbocycles. The van der Waals surface area contributed by atoms with Gasteiger partial charge in [0.2, 0.25) is 15.9 Å². The van der Waals surface area contributed by atoms with Crippen molar-refractivity contribution in [1.82, 2.24) is 19.0 Å². The summed E-state index contributed by atoms with van der Waals surface area (Å²) in [5.41, 5.74) is 14.5. The normalized spacial score (nSPS) is 18.9. The fourth-order valence-corrected chi connectivity index (χ4v) is 7.97. The molecule has 0 bridgehead atoms. The number of sulfonamides is 1. The fourth-order valence-electron chi connectivity index (χ4n) is 6.45. The summed E-state index contributed by atoms with van der Waals surface area (Å²) in [7, 11) is -3.83. The lowest BCUT2D eigenvalue weighted by Gasteiger charge is -2.42. The molecule has 0 atom stereocenters. The number of anilines is 1. The Balaban J connectivity index is 1.23. The van der Waals surface area contributed by atoms with E-state index in [4.69, 9.17) is 16.6 Å². The maximum Gasteiger partial charge on any atom is 0.258 e. The van der Waals surface area contributed by atoms with Gasteiger partial charge in [0.15, 0.2) is 0 Å². The zero-order valence-corrected chi connectivity index (χ0v) is 26.6. The van der Waals surface area contributed by atoms with Crippen LogP contribution in [0.2, 0.25) is 0 Å². The van der Waals surface area contributed by atoms with E-state index in [1.165, 1.54) is 28.6 Å². The van der Waals surface area contributed by atoms with E-state index in [9.17, 15) is 22.8 Å². The van der Waals surface area contributed by atoms with Crippen LogP contribution in [0, 0.1) is 12.8 Å². The molecule has 1 saturated carbocycles. The van der Waals surface area contributed by atoms with Crippen molar-refractivity contribution in [2.24, 2.45) is 17.4 Å². The number of amides is 3. The summed E-state index contributed by atoms with van der Waals surface area (Å²) >= 11 is 0. The van der Waals surface area contributed by atoms with Gasteiger partial charge in [0.1, 0.15) is 0 Å². The largest absolute Gasteiger partial charge is 0.382 e. The maximum atomic E-state index is 13.7. The summed E-state index contributed by atoms with van der Waals surface area (Å²) < 4.78 is 29.8. The van der Waals surface area contributed by atoms with Crippen LogP contribution in [0.3, 0.4) is 0 Å². The molecule has 2 fully saturated rings. The topological polar surface area (TPSA) is 174 Å². The zero-order chi connectivity index (χ0) is 32.3. The Labute approximate surface area is 262 Å². The lowest BCUT2D eigenvalue weighted by atomic mass is 9.87. The Morgan fingerprint density at radius 3 is 2.38 bits per heavy atom. The molecule has 13 heteroatoms. The minimum Gasteiger partial charge on any atom is -0.382 e. The molecule has 1 aliphatic carbocycles. The van der Waals surface area contributed by atoms with Gasteiger partial charge in [-0.05, 0) is 88.8 Å². The highest BCUT2D eigenvalue weighted by Gasteiger charge is 2.43. The number of carbonyl (C=O) groups excluding carboxylic acids is 3. The third kappa shape index (κ3) is 5.82. The van der Waals surface area contributed by atoms with Gasteiger partial charge in [0, 0.05) is 48.9 Å². The second-order valence-electron chi connectivity index (χ2n) is 13.0. The molecule has 12 nitrogen and oxygen atoms in total. The number of carbonyl (C=O) groups is 3. The van der Waals surface area contributed by atoms with Crippen molar-refractivity contribution in [3.63, 3.8) is 0 Å². The predicted octanol–water partition coefficient (Wildman–Crippen LogP) is 2.83. The molecule has 5 N–H and O–H groups in total. The lowest BCUT2D eigenvalue weighted by Crippen LogP contribution is -2.53. The van der Waals surface area contributed by atoms with Crippen LogP contribution in [-0.2, 0) is 16.4 Å². The number of nitrogens with zero attached hydrogens (tertiary/aromatic N) is 4. The Hall–Kier alpha value is -4.23. The van der Waals surface area contributed by atoms with Crippen molar-refractivity contribution < 1.29 is 22.8 Å². The Bertz CT molecular complexity index is 1800. The number of hydrogen-bond acceptors (Lipinski definition) is 7. The average molecular weight is 634 g/mol. The summed E-state index contributed by atoms with van der Waals surface area (Å²) in [6, 6.07) is 10.8. The first-order chi connectivity index (χ1) is 21.3. The number of primary amides is 2. The molecule has 3 aliphatic rings. The smallest absolute Gasteiger partial charge is 0.258 e. The minimum absolute atomic E-state index is 0.00655. The van der Waals surface area contributed by atoms with Crippen LogP contribution in [0.25, 0.3) is 5.69 Å². The molecule has 238 valence electrons. The molecular formula is C32H39N7O5S. The van der Waals surface area contributed by atoms with E-state index in [-0.39, 0.29) is 41.0 Å². The molecular weight excluding hydrogens is 594 g/mol. The van der Waals surface area contributed by atoms with E-state index in [1.54, 1.807) is 16.8 Å². The van der Waals surface area contributed by atoms with Gasteiger partial charge in [0.05, 0.1) is 33.1 Å². The van der Waals surface area contributed by atoms with Crippen LogP contribution in [0.5, 0.6) is 0 Å². The third-order valence-electron chi connectivity index (χ3n) is 9.17. The summed E-state index contributed by atoms with van der Waals surface area (Å²) in [5.74, 6) is -0.713. The number of benzene rings is 2. The van der Waals surface area contributed by atoms with Crippen LogP contribution in [0.4, 0.5) is 5.69 Å². The van der Waals surface area contributed by atoms with Gasteiger partial charge in [-0.3, -0.25) is 14.4 Å². The summed E-state index contributed by atoms with van der Waals surface area (Å²) in [5, 5.41) is 8.20. The van der Waals surface area contributed by atoms with E-state index >= 15 is 0 Å². The molecule has 6 rings (SSSR count). The van der Waals surface area contributed by atoms with E-state index < -0.39 is 21.8 Å². The van der Waals surface area contributed by atoms with Crippen LogP contribution < -0.4 is 16.8 Å². The highest BCUT2D eigenvalue weighted by molar-refractivity contribution is 7.89. The van der Waals surface area contributed by atoms with Crippen molar-refractivity contribution in [1.29, 1.82) is 0 Å². The van der Waals surface area contributed by atoms with Crippen LogP contribution in [0.15, 0.2) is 47.4 Å². The van der Waals surface area contributed by atoms with E-state index in [2.05, 4.69) is 19.2 Å². The molecule has 2 aliphatic heterocycles. The molecule has 3 amide bonds. The number of hydrogen-bond donors (Lipinski definition) is 3. The monoisotopic (exact) mass is 633 g/mol. The number of piperidine rings is 1. The minimum atomic E-state index is -3.83. The molecule has 3 heterocycles. The summed E-state index contributed by atoms with van der Waals surface area (Å²) in [6.45, 7) is 7.28. The van der Waals surface area contributed by atoms with Crippen LogP contribution in [0.1, 0.15) is 82.0 Å². The Kier molecular flexibility index (Phi) is 7.72. The van der Waals surface area contributed by atoms with E-state index in [0.717, 1.165) is 25.1 Å². The van der Waals surface area contributed by atoms with Crippen molar-refractivity contribution >= 4 is 33.4 Å². The number of fused-ring (bicyclic) bond motifs is 1. The third-order valence-corrected chi connectivity index (χ3v) is 11.1. The van der Waals surface area contributed by atoms with Gasteiger partial charge in [-0.15, -0.1) is 0 Å². The highest BCUT2D eigenvalue weighted by atomic mass is 32.2. The van der Waals surface area contributed by atoms with Gasteiger partial charge in [-0.2, -0.15) is 9.40 Å². The lowest BCUT2D eigenvalue weighted by molar-refractivity contribution is 0.0487. The number of aryl methyl sites for hydroxylation is 1. The average Bonchev–Trinajstić information content (AvgIpc) is 3.76.